The van der Waals surface area contributed by atoms with Crippen LogP contribution in [0.1, 0.15) is 18.4 Å². The zero-order chi connectivity index (χ0) is 13.1. The molecule has 3 heteroatoms. The molecule has 1 aliphatic heterocycles. The van der Waals surface area contributed by atoms with Crippen molar-refractivity contribution in [2.24, 2.45) is 5.92 Å². The molecule has 98 valence electrons. The second-order valence-corrected chi connectivity index (χ2v) is 5.29. The quantitative estimate of drug-likeness (QED) is 0.789. The lowest BCUT2D eigenvalue weighted by Gasteiger charge is -2.29. The predicted octanol–water partition coefficient (Wildman–Crippen LogP) is 2.65. The second kappa shape index (κ2) is 5.49. The fourth-order valence-corrected chi connectivity index (χ4v) is 2.71. The number of nitrogens with zero attached hydrogens (tertiary/aromatic N) is 2. The highest BCUT2D eigenvalue weighted by Crippen LogP contribution is 2.19. The number of benzene rings is 1. The molecule has 1 aliphatic rings. The van der Waals surface area contributed by atoms with Gasteiger partial charge in [0, 0.05) is 24.0 Å². The van der Waals surface area contributed by atoms with Gasteiger partial charge in [-0.15, -0.1) is 0 Å². The van der Waals surface area contributed by atoms with E-state index in [9.17, 15) is 4.79 Å². The van der Waals surface area contributed by atoms with Crippen LogP contribution in [0.5, 0.6) is 0 Å². The first-order valence-electron chi connectivity index (χ1n) is 6.86. The summed E-state index contributed by atoms with van der Waals surface area (Å²) in [5.74, 6) is 0.269. The van der Waals surface area contributed by atoms with Gasteiger partial charge >= 0.3 is 0 Å². The van der Waals surface area contributed by atoms with E-state index in [1.807, 2.05) is 24.4 Å². The number of carbonyl (C=O) groups excluding carboxylic acids is 1. The first-order valence-corrected chi connectivity index (χ1v) is 6.86. The van der Waals surface area contributed by atoms with Crippen LogP contribution in [0.3, 0.4) is 0 Å². The van der Waals surface area contributed by atoms with E-state index < -0.39 is 0 Å². The van der Waals surface area contributed by atoms with Crippen LogP contribution in [0.25, 0.3) is 10.9 Å². The van der Waals surface area contributed by atoms with Crippen molar-refractivity contribution in [2.75, 3.05) is 13.1 Å². The van der Waals surface area contributed by atoms with Crippen molar-refractivity contribution in [1.29, 1.82) is 0 Å². The molecule has 19 heavy (non-hydrogen) atoms. The van der Waals surface area contributed by atoms with Gasteiger partial charge in [-0.05, 0) is 43.6 Å². The molecule has 0 saturated carbocycles. The standard InChI is InChI=1S/C16H18N2O/c19-12-13-5-7-18(8-6-13)11-14-9-15-3-1-2-4-16(15)17-10-14/h1-4,9-10,12-13H,5-8,11H2. The Labute approximate surface area is 113 Å². The van der Waals surface area contributed by atoms with Gasteiger partial charge in [-0.25, -0.2) is 0 Å². The summed E-state index contributed by atoms with van der Waals surface area (Å²) < 4.78 is 0. The Morgan fingerprint density at radius 1 is 1.26 bits per heavy atom. The molecule has 0 aliphatic carbocycles. The number of fused-ring (bicyclic) bond motifs is 1. The molecule has 1 aromatic carbocycles. The van der Waals surface area contributed by atoms with Gasteiger partial charge in [-0.2, -0.15) is 0 Å². The van der Waals surface area contributed by atoms with E-state index in [0.717, 1.165) is 44.3 Å². The molecule has 0 radical (unpaired) electrons. The number of aromatic nitrogens is 1. The summed E-state index contributed by atoms with van der Waals surface area (Å²) in [6.45, 7) is 2.95. The molecule has 0 atom stereocenters. The van der Waals surface area contributed by atoms with Crippen LogP contribution in [0.2, 0.25) is 0 Å². The lowest BCUT2D eigenvalue weighted by molar-refractivity contribution is -0.112. The smallest absolute Gasteiger partial charge is 0.123 e. The molecule has 0 N–H and O–H groups in total. The summed E-state index contributed by atoms with van der Waals surface area (Å²) >= 11 is 0. The molecule has 1 saturated heterocycles. The predicted molar refractivity (Wildman–Crippen MR) is 75.8 cm³/mol. The van der Waals surface area contributed by atoms with Crippen molar-refractivity contribution in [3.05, 3.63) is 42.1 Å². The van der Waals surface area contributed by atoms with Crippen LogP contribution in [-0.4, -0.2) is 29.3 Å². The highest BCUT2D eigenvalue weighted by atomic mass is 16.1. The SMILES string of the molecule is O=CC1CCN(Cc2cnc3ccccc3c2)CC1. The highest BCUT2D eigenvalue weighted by Gasteiger charge is 2.18. The third kappa shape index (κ3) is 2.82. The van der Waals surface area contributed by atoms with Gasteiger partial charge < -0.3 is 4.79 Å². The van der Waals surface area contributed by atoms with Gasteiger partial charge in [-0.3, -0.25) is 9.88 Å². The van der Waals surface area contributed by atoms with Gasteiger partial charge in [0.25, 0.3) is 0 Å². The Morgan fingerprint density at radius 2 is 2.05 bits per heavy atom. The van der Waals surface area contributed by atoms with Gasteiger partial charge in [0.15, 0.2) is 0 Å². The van der Waals surface area contributed by atoms with Crippen molar-refractivity contribution in [2.45, 2.75) is 19.4 Å². The molecule has 1 fully saturated rings. The van der Waals surface area contributed by atoms with Crippen molar-refractivity contribution in [3.63, 3.8) is 0 Å². The normalized spacial score (nSPS) is 17.7. The minimum absolute atomic E-state index is 0.269. The third-order valence-electron chi connectivity index (χ3n) is 3.88. The van der Waals surface area contributed by atoms with E-state index in [1.54, 1.807) is 0 Å². The van der Waals surface area contributed by atoms with Gasteiger partial charge in [0.1, 0.15) is 6.29 Å². The second-order valence-electron chi connectivity index (χ2n) is 5.29. The van der Waals surface area contributed by atoms with Crippen LogP contribution in [0.15, 0.2) is 36.5 Å². The lowest BCUT2D eigenvalue weighted by atomic mass is 9.98. The van der Waals surface area contributed by atoms with E-state index in [2.05, 4.69) is 22.0 Å². The monoisotopic (exact) mass is 254 g/mol. The van der Waals surface area contributed by atoms with E-state index in [0.29, 0.717) is 0 Å². The Bertz CT molecular complexity index is 574. The van der Waals surface area contributed by atoms with Crippen molar-refractivity contribution < 1.29 is 4.79 Å². The van der Waals surface area contributed by atoms with Crippen LogP contribution in [0, 0.1) is 5.92 Å². The topological polar surface area (TPSA) is 33.2 Å². The lowest BCUT2D eigenvalue weighted by Crippen LogP contribution is -2.33. The summed E-state index contributed by atoms with van der Waals surface area (Å²) in [4.78, 5) is 17.6. The highest BCUT2D eigenvalue weighted by molar-refractivity contribution is 5.78. The maximum atomic E-state index is 10.7. The zero-order valence-corrected chi connectivity index (χ0v) is 11.0. The fourth-order valence-electron chi connectivity index (χ4n) is 2.71. The van der Waals surface area contributed by atoms with Crippen molar-refractivity contribution >= 4 is 17.2 Å². The van der Waals surface area contributed by atoms with Gasteiger partial charge in [0.2, 0.25) is 0 Å². The molecular weight excluding hydrogens is 236 g/mol. The summed E-state index contributed by atoms with van der Waals surface area (Å²) in [5, 5.41) is 1.20. The minimum atomic E-state index is 0.269. The number of carbonyl (C=O) groups is 1. The maximum Gasteiger partial charge on any atom is 0.123 e. The number of hydrogen-bond acceptors (Lipinski definition) is 3. The first kappa shape index (κ1) is 12.3. The number of pyridine rings is 1. The Morgan fingerprint density at radius 3 is 2.84 bits per heavy atom. The van der Waals surface area contributed by atoms with E-state index in [4.69, 9.17) is 0 Å². The maximum absolute atomic E-state index is 10.7. The molecule has 3 rings (SSSR count). The van der Waals surface area contributed by atoms with Crippen LogP contribution >= 0.6 is 0 Å². The number of hydrogen-bond donors (Lipinski definition) is 0. The van der Waals surface area contributed by atoms with E-state index >= 15 is 0 Å². The first-order chi connectivity index (χ1) is 9.35. The summed E-state index contributed by atoms with van der Waals surface area (Å²) in [6.07, 6.45) is 5.05. The fraction of sp³-hybridized carbons (Fsp3) is 0.375. The number of aldehydes is 1. The third-order valence-corrected chi connectivity index (χ3v) is 3.88. The largest absolute Gasteiger partial charge is 0.303 e. The number of para-hydroxylation sites is 1. The van der Waals surface area contributed by atoms with Crippen LogP contribution < -0.4 is 0 Å². The summed E-state index contributed by atoms with van der Waals surface area (Å²) in [6, 6.07) is 10.4. The van der Waals surface area contributed by atoms with Crippen LogP contribution in [-0.2, 0) is 11.3 Å². The molecule has 0 bridgehead atoms. The average molecular weight is 254 g/mol. The van der Waals surface area contributed by atoms with E-state index in [1.165, 1.54) is 10.9 Å². The van der Waals surface area contributed by atoms with Gasteiger partial charge in [-0.1, -0.05) is 18.2 Å². The molecule has 0 amide bonds. The Balaban J connectivity index is 1.70. The molecular formula is C16H18N2O. The summed E-state index contributed by atoms with van der Waals surface area (Å²) in [5.41, 5.74) is 2.30. The molecule has 3 nitrogen and oxygen atoms in total. The van der Waals surface area contributed by atoms with Crippen LogP contribution in [0.4, 0.5) is 0 Å². The minimum Gasteiger partial charge on any atom is -0.303 e. The number of rotatable bonds is 3. The Kier molecular flexibility index (Phi) is 3.56. The van der Waals surface area contributed by atoms with E-state index in [-0.39, 0.29) is 5.92 Å². The molecule has 1 aromatic heterocycles. The molecule has 2 aromatic rings. The average Bonchev–Trinajstić information content (AvgIpc) is 2.48. The molecule has 2 heterocycles. The number of likely N-dealkylation sites (tertiary alicyclic amines) is 1. The summed E-state index contributed by atoms with van der Waals surface area (Å²) in [7, 11) is 0. The zero-order valence-electron chi connectivity index (χ0n) is 11.0. The van der Waals surface area contributed by atoms with Gasteiger partial charge in [0.05, 0.1) is 5.52 Å². The number of piperidine rings is 1. The van der Waals surface area contributed by atoms with Crippen molar-refractivity contribution in [1.82, 2.24) is 9.88 Å². The Hall–Kier alpha value is -1.74. The molecule has 0 spiro atoms. The van der Waals surface area contributed by atoms with Crippen molar-refractivity contribution in [3.8, 4) is 0 Å². The molecule has 0 unspecified atom stereocenters.